The lowest BCUT2D eigenvalue weighted by molar-refractivity contribution is -0.147. The molecular formula is C40H38F4N6O8S2. The summed E-state index contributed by atoms with van der Waals surface area (Å²) in [4.78, 5) is 68.7. The molecule has 0 bridgehead atoms. The number of nitrogens with zero attached hydrogens (tertiary/aromatic N) is 2. The van der Waals surface area contributed by atoms with E-state index in [2.05, 4.69) is 25.9 Å². The first-order chi connectivity index (χ1) is 28.3. The third kappa shape index (κ3) is 12.7. The number of thiophene rings is 2. The molecule has 0 fully saturated rings. The fraction of sp³-hybridized carbons (Fsp3) is 0.225. The van der Waals surface area contributed by atoms with Gasteiger partial charge in [0.25, 0.3) is 24.7 Å². The van der Waals surface area contributed by atoms with Gasteiger partial charge in [-0.25, -0.2) is 27.2 Å². The van der Waals surface area contributed by atoms with Crippen LogP contribution in [0.25, 0.3) is 20.4 Å². The molecule has 60 heavy (non-hydrogen) atoms. The smallest absolute Gasteiger partial charge is 0.408 e. The van der Waals surface area contributed by atoms with Gasteiger partial charge in [-0.1, -0.05) is 68.1 Å². The van der Waals surface area contributed by atoms with E-state index >= 15 is 0 Å². The zero-order chi connectivity index (χ0) is 42.5. The largest absolute Gasteiger partial charge is 0.480 e. The Morgan fingerprint density at radius 2 is 1.13 bits per heavy atom. The molecule has 4 heterocycles. The number of aliphatic carboxylic acids is 1. The van der Waals surface area contributed by atoms with Crippen LogP contribution >= 0.6 is 22.7 Å². The minimum Gasteiger partial charge on any atom is -0.480 e. The second kappa shape index (κ2) is 22.0. The number of carbonyl (C=O) groups excluding carboxylic acids is 4. The molecule has 2 atom stereocenters. The fourth-order valence-electron chi connectivity index (χ4n) is 5.07. The number of ether oxygens (including phenoxy) is 2. The number of amides is 3. The van der Waals surface area contributed by atoms with Crippen LogP contribution in [-0.2, 0) is 32.3 Å². The van der Waals surface area contributed by atoms with Crippen molar-refractivity contribution in [2.45, 2.75) is 45.6 Å². The fourth-order valence-corrected chi connectivity index (χ4v) is 7.16. The van der Waals surface area contributed by atoms with Crippen LogP contribution in [0.1, 0.15) is 61.9 Å². The van der Waals surface area contributed by atoms with Crippen LogP contribution < -0.4 is 21.7 Å². The number of rotatable bonds is 15. The third-order valence-corrected chi connectivity index (χ3v) is 10.4. The highest BCUT2D eigenvalue weighted by molar-refractivity contribution is 7.21. The predicted molar refractivity (Wildman–Crippen MR) is 216 cm³/mol. The summed E-state index contributed by atoms with van der Waals surface area (Å²) in [7, 11) is 0. The number of nitrogens with two attached hydrogens (primary N) is 1. The normalized spacial score (nSPS) is 11.8. The first kappa shape index (κ1) is 46.2. The minimum atomic E-state index is -2.72. The number of aromatic nitrogens is 2. The molecule has 6 rings (SSSR count). The van der Waals surface area contributed by atoms with E-state index in [9.17, 15) is 41.5 Å². The SMILES string of the molecule is C.N[C@H](CNC(=O)c1cc2nccc(C(F)F)c2s1)C(=O)O.O=C(N[C@H](CNC(=O)c1cc2nccc(C(F)F)c2s1)C(=O)OCc1ccccc1)OCc1ccccc1. The van der Waals surface area contributed by atoms with Crippen LogP contribution in [0.4, 0.5) is 22.4 Å². The number of carbonyl (C=O) groups is 5. The molecule has 2 aromatic carbocycles. The zero-order valence-electron chi connectivity index (χ0n) is 30.5. The van der Waals surface area contributed by atoms with E-state index in [-0.39, 0.29) is 69.5 Å². The van der Waals surface area contributed by atoms with E-state index in [1.807, 2.05) is 12.1 Å². The van der Waals surface area contributed by atoms with Gasteiger partial charge in [0.1, 0.15) is 25.3 Å². The maximum absolute atomic E-state index is 13.3. The number of carboxylic acids is 1. The molecule has 0 aliphatic carbocycles. The molecule has 316 valence electrons. The third-order valence-electron chi connectivity index (χ3n) is 8.08. The standard InChI is InChI=1S/C27H23F2N3O5S.C12H11F2N3O3S.CH4/c28-24(29)19-11-12-30-20-13-22(38-23(19)20)25(33)31-14-21(26(34)36-15-17-7-3-1-4-8-17)32-27(35)37-16-18-9-5-2-6-10-18;13-10(14)5-1-2-16-7-3-8(21-9(5)7)11(18)17-4-6(15)12(19)20;/h1-13,21,24H,14-16H2,(H,31,33)(H,32,35);1-3,6,10H,4,15H2,(H,17,18)(H,19,20);1H4/t21-;6-;/m11./s1. The molecule has 0 radical (unpaired) electrons. The molecule has 0 unspecified atom stereocenters. The van der Waals surface area contributed by atoms with E-state index in [1.54, 1.807) is 48.5 Å². The Hall–Kier alpha value is -6.51. The molecule has 0 saturated carbocycles. The number of hydrogen-bond donors (Lipinski definition) is 5. The molecule has 0 aliphatic rings. The van der Waals surface area contributed by atoms with Crippen LogP contribution in [-0.4, -0.2) is 70.1 Å². The highest BCUT2D eigenvalue weighted by Crippen LogP contribution is 2.34. The van der Waals surface area contributed by atoms with E-state index in [0.717, 1.165) is 33.8 Å². The number of fused-ring (bicyclic) bond motifs is 2. The molecular weight excluding hydrogens is 833 g/mol. The van der Waals surface area contributed by atoms with Gasteiger partial charge in [-0.05, 0) is 35.4 Å². The first-order valence-corrected chi connectivity index (χ1v) is 19.0. The Bertz CT molecular complexity index is 2400. The van der Waals surface area contributed by atoms with Gasteiger partial charge in [-0.2, -0.15) is 0 Å². The van der Waals surface area contributed by atoms with E-state index in [1.165, 1.54) is 36.7 Å². The molecule has 3 amide bonds. The maximum atomic E-state index is 13.3. The average Bonchev–Trinajstić information content (AvgIpc) is 3.89. The van der Waals surface area contributed by atoms with Crippen molar-refractivity contribution in [3.05, 3.63) is 129 Å². The Morgan fingerprint density at radius 3 is 1.58 bits per heavy atom. The van der Waals surface area contributed by atoms with Crippen LogP contribution in [0.2, 0.25) is 0 Å². The summed E-state index contributed by atoms with van der Waals surface area (Å²) in [5.74, 6) is -3.22. The van der Waals surface area contributed by atoms with Crippen LogP contribution in [0, 0.1) is 0 Å². The van der Waals surface area contributed by atoms with Crippen molar-refractivity contribution in [3.63, 3.8) is 0 Å². The van der Waals surface area contributed by atoms with Gasteiger partial charge < -0.3 is 36.3 Å². The second-order valence-corrected chi connectivity index (χ2v) is 14.4. The van der Waals surface area contributed by atoms with Crippen molar-refractivity contribution in [3.8, 4) is 0 Å². The number of hydrogen-bond acceptors (Lipinski definition) is 12. The summed E-state index contributed by atoms with van der Waals surface area (Å²) in [5.41, 5.74) is 6.90. The first-order valence-electron chi connectivity index (χ1n) is 17.4. The number of alkyl halides is 4. The highest BCUT2D eigenvalue weighted by atomic mass is 32.1. The maximum Gasteiger partial charge on any atom is 0.408 e. The van der Waals surface area contributed by atoms with Crippen molar-refractivity contribution in [2.75, 3.05) is 13.1 Å². The zero-order valence-corrected chi connectivity index (χ0v) is 32.1. The summed E-state index contributed by atoms with van der Waals surface area (Å²) >= 11 is 1.74. The molecule has 20 heteroatoms. The topological polar surface area (TPSA) is 212 Å². The number of esters is 1. The van der Waals surface area contributed by atoms with Gasteiger partial charge in [0.2, 0.25) is 0 Å². The predicted octanol–water partition coefficient (Wildman–Crippen LogP) is 7.01. The summed E-state index contributed by atoms with van der Waals surface area (Å²) in [5, 5.41) is 15.9. The average molecular weight is 871 g/mol. The van der Waals surface area contributed by atoms with Crippen LogP contribution in [0.5, 0.6) is 0 Å². The summed E-state index contributed by atoms with van der Waals surface area (Å²) in [6.45, 7) is -0.636. The van der Waals surface area contributed by atoms with E-state index in [0.29, 0.717) is 5.52 Å². The van der Waals surface area contributed by atoms with Crippen molar-refractivity contribution >= 4 is 73.0 Å². The lowest BCUT2D eigenvalue weighted by Crippen LogP contribution is -2.49. The summed E-state index contributed by atoms with van der Waals surface area (Å²) < 4.78 is 63.3. The van der Waals surface area contributed by atoms with Gasteiger partial charge >= 0.3 is 18.0 Å². The Labute approximate surface area is 347 Å². The van der Waals surface area contributed by atoms with Gasteiger partial charge in [0.15, 0.2) is 0 Å². The lowest BCUT2D eigenvalue weighted by Gasteiger charge is -2.18. The van der Waals surface area contributed by atoms with E-state index < -0.39 is 54.8 Å². The van der Waals surface area contributed by atoms with Gasteiger partial charge in [0.05, 0.1) is 30.2 Å². The molecule has 4 aromatic heterocycles. The van der Waals surface area contributed by atoms with Crippen molar-refractivity contribution in [1.82, 2.24) is 25.9 Å². The Balaban J connectivity index is 0.000000306. The second-order valence-electron chi connectivity index (χ2n) is 12.3. The number of carboxylic acid groups (broad SMARTS) is 1. The molecule has 14 nitrogen and oxygen atoms in total. The minimum absolute atomic E-state index is 0. The van der Waals surface area contributed by atoms with Crippen LogP contribution in [0.15, 0.2) is 97.3 Å². The monoisotopic (exact) mass is 870 g/mol. The van der Waals surface area contributed by atoms with Crippen molar-refractivity contribution < 1.29 is 56.1 Å². The Kier molecular flexibility index (Phi) is 17.0. The van der Waals surface area contributed by atoms with E-state index in [4.69, 9.17) is 20.3 Å². The quantitative estimate of drug-likeness (QED) is 0.0523. The summed E-state index contributed by atoms with van der Waals surface area (Å²) in [6, 6.07) is 20.6. The van der Waals surface area contributed by atoms with Gasteiger partial charge in [-0.3, -0.25) is 24.4 Å². The number of benzene rings is 2. The number of alkyl carbamates (subject to hydrolysis) is 1. The van der Waals surface area contributed by atoms with Crippen LogP contribution in [0.3, 0.4) is 0 Å². The number of nitrogens with one attached hydrogen (secondary N) is 3. The molecule has 6 N–H and O–H groups in total. The summed E-state index contributed by atoms with van der Waals surface area (Å²) in [6.07, 6.45) is -3.76. The molecule has 6 aromatic rings. The molecule has 0 aliphatic heterocycles. The Morgan fingerprint density at radius 1 is 0.683 bits per heavy atom. The van der Waals surface area contributed by atoms with Gasteiger partial charge in [0, 0.05) is 36.6 Å². The van der Waals surface area contributed by atoms with Crippen molar-refractivity contribution in [2.24, 2.45) is 5.73 Å². The number of pyridine rings is 2. The number of halogens is 4. The molecule has 0 spiro atoms. The lowest BCUT2D eigenvalue weighted by atomic mass is 10.2. The van der Waals surface area contributed by atoms with Crippen molar-refractivity contribution in [1.29, 1.82) is 0 Å². The molecule has 0 saturated heterocycles. The highest BCUT2D eigenvalue weighted by Gasteiger charge is 2.26. The van der Waals surface area contributed by atoms with Gasteiger partial charge in [-0.15, -0.1) is 22.7 Å².